The number of hydrogen-bond donors (Lipinski definition) is 3. The summed E-state index contributed by atoms with van der Waals surface area (Å²) in [6.45, 7) is 12.3. The Kier molecular flexibility index (Phi) is 11.0. The fourth-order valence-electron chi connectivity index (χ4n) is 3.72. The van der Waals surface area contributed by atoms with Gasteiger partial charge in [-0.1, -0.05) is 37.3 Å². The average molecular weight is 576 g/mol. The van der Waals surface area contributed by atoms with Crippen LogP contribution in [0.15, 0.2) is 35.2 Å². The first-order valence-electron chi connectivity index (χ1n) is 12.9. The van der Waals surface area contributed by atoms with E-state index in [9.17, 15) is 13.2 Å². The second kappa shape index (κ2) is 14.2. The molecule has 0 aliphatic heterocycles. The van der Waals surface area contributed by atoms with Gasteiger partial charge in [-0.25, -0.2) is 18.2 Å². The topological polar surface area (TPSA) is 138 Å². The van der Waals surface area contributed by atoms with Crippen molar-refractivity contribution in [1.82, 2.24) is 19.9 Å². The van der Waals surface area contributed by atoms with Gasteiger partial charge in [-0.2, -0.15) is 9.97 Å². The number of aromatic nitrogens is 3. The van der Waals surface area contributed by atoms with Gasteiger partial charge in [0, 0.05) is 25.4 Å². The number of sulfone groups is 1. The van der Waals surface area contributed by atoms with Gasteiger partial charge >= 0.3 is 5.97 Å². The van der Waals surface area contributed by atoms with Gasteiger partial charge in [0.1, 0.15) is 16.5 Å². The molecule has 0 atom stereocenters. The Labute approximate surface area is 234 Å². The Morgan fingerprint density at radius 2 is 1.69 bits per heavy atom. The van der Waals surface area contributed by atoms with Crippen molar-refractivity contribution in [3.05, 3.63) is 46.5 Å². The molecule has 3 rings (SSSR count). The molecule has 0 bridgehead atoms. The molecule has 1 aromatic carbocycles. The third-order valence-electron chi connectivity index (χ3n) is 5.88. The molecule has 11 nitrogen and oxygen atoms in total. The van der Waals surface area contributed by atoms with Crippen LogP contribution < -0.4 is 16.0 Å². The van der Waals surface area contributed by atoms with Gasteiger partial charge in [0.05, 0.1) is 17.2 Å². The highest BCUT2D eigenvalue weighted by atomic mass is 32.2. The molecule has 212 valence electrons. The fourth-order valence-corrected chi connectivity index (χ4v) is 5.21. The van der Waals surface area contributed by atoms with Crippen molar-refractivity contribution < 1.29 is 17.9 Å². The lowest BCUT2D eigenvalue weighted by Gasteiger charge is -2.18. The number of aryl methyl sites for hydroxylation is 1. The van der Waals surface area contributed by atoms with Gasteiger partial charge in [-0.15, -0.1) is 0 Å². The standard InChI is InChI=1S/C26H37N7O4S2/c1-6-33(7-2)15-9-14-27-21-16-22(28-17-19-10-12-20(13-11-19)39(5,35)36)31-25(30-21)32-26-29-18(4)23(38-26)24(34)37-8-3/h10-13,16H,6-9,14-15,17H2,1-5H3,(H3,27,28,29,30,31,32). The van der Waals surface area contributed by atoms with E-state index in [1.807, 2.05) is 6.07 Å². The highest BCUT2D eigenvalue weighted by molar-refractivity contribution is 7.90. The second-order valence-electron chi connectivity index (χ2n) is 8.82. The van der Waals surface area contributed by atoms with E-state index in [2.05, 4.69) is 49.6 Å². The lowest BCUT2D eigenvalue weighted by molar-refractivity contribution is 0.0531. The molecule has 0 radical (unpaired) electrons. The Morgan fingerprint density at radius 3 is 2.31 bits per heavy atom. The van der Waals surface area contributed by atoms with Crippen molar-refractivity contribution in [3.8, 4) is 0 Å². The molecular formula is C26H37N7O4S2. The van der Waals surface area contributed by atoms with E-state index >= 15 is 0 Å². The number of hydrogen-bond acceptors (Lipinski definition) is 12. The molecule has 3 N–H and O–H groups in total. The average Bonchev–Trinajstić information content (AvgIpc) is 3.27. The van der Waals surface area contributed by atoms with E-state index in [4.69, 9.17) is 4.74 Å². The van der Waals surface area contributed by atoms with E-state index in [0.29, 0.717) is 39.8 Å². The maximum Gasteiger partial charge on any atom is 0.350 e. The van der Waals surface area contributed by atoms with E-state index in [0.717, 1.165) is 38.2 Å². The molecule has 0 saturated heterocycles. The number of nitrogens with one attached hydrogen (secondary N) is 3. The van der Waals surface area contributed by atoms with Crippen LogP contribution in [0.25, 0.3) is 0 Å². The zero-order valence-electron chi connectivity index (χ0n) is 23.1. The number of carbonyl (C=O) groups is 1. The molecule has 2 aromatic heterocycles. The second-order valence-corrected chi connectivity index (χ2v) is 11.8. The van der Waals surface area contributed by atoms with Crippen molar-refractivity contribution >= 4 is 49.9 Å². The first-order chi connectivity index (χ1) is 18.6. The third kappa shape index (κ3) is 9.15. The van der Waals surface area contributed by atoms with Crippen LogP contribution in [0.1, 0.15) is 48.1 Å². The normalized spacial score (nSPS) is 11.4. The van der Waals surface area contributed by atoms with Crippen LogP contribution in [-0.2, 0) is 21.1 Å². The molecule has 3 aromatic rings. The van der Waals surface area contributed by atoms with Crippen LogP contribution in [0, 0.1) is 6.92 Å². The van der Waals surface area contributed by atoms with Crippen molar-refractivity contribution in [1.29, 1.82) is 0 Å². The fraction of sp³-hybridized carbons (Fsp3) is 0.462. The number of nitrogens with zero attached hydrogens (tertiary/aromatic N) is 4. The molecule has 39 heavy (non-hydrogen) atoms. The summed E-state index contributed by atoms with van der Waals surface area (Å²) in [6, 6.07) is 8.55. The molecule has 0 aliphatic rings. The number of esters is 1. The molecule has 0 fully saturated rings. The SMILES string of the molecule is CCOC(=O)c1sc(Nc2nc(NCCCN(CC)CC)cc(NCc3ccc(S(C)(=O)=O)cc3)n2)nc1C. The number of carbonyl (C=O) groups excluding carboxylic acids is 1. The summed E-state index contributed by atoms with van der Waals surface area (Å²) in [5.74, 6) is 1.13. The van der Waals surface area contributed by atoms with Gasteiger partial charge in [0.25, 0.3) is 0 Å². The maximum absolute atomic E-state index is 12.2. The Morgan fingerprint density at radius 1 is 1.03 bits per heavy atom. The monoisotopic (exact) mass is 575 g/mol. The van der Waals surface area contributed by atoms with Gasteiger partial charge in [-0.05, 0) is 57.6 Å². The van der Waals surface area contributed by atoms with E-state index in [1.54, 1.807) is 38.1 Å². The van der Waals surface area contributed by atoms with Crippen molar-refractivity contribution in [2.75, 3.05) is 55.0 Å². The summed E-state index contributed by atoms with van der Waals surface area (Å²) in [4.78, 5) is 28.9. The molecule has 0 aliphatic carbocycles. The summed E-state index contributed by atoms with van der Waals surface area (Å²) < 4.78 is 28.6. The minimum atomic E-state index is -3.25. The molecule has 0 saturated carbocycles. The van der Waals surface area contributed by atoms with E-state index < -0.39 is 15.8 Å². The number of ether oxygens (including phenoxy) is 1. The first kappa shape index (κ1) is 30.3. The smallest absolute Gasteiger partial charge is 0.350 e. The van der Waals surface area contributed by atoms with E-state index in [1.165, 1.54) is 17.6 Å². The van der Waals surface area contributed by atoms with Crippen molar-refractivity contribution in [2.45, 2.75) is 45.6 Å². The third-order valence-corrected chi connectivity index (χ3v) is 8.06. The summed E-state index contributed by atoms with van der Waals surface area (Å²) in [6.07, 6.45) is 2.14. The van der Waals surface area contributed by atoms with Crippen LogP contribution in [-0.4, -0.2) is 73.3 Å². The van der Waals surface area contributed by atoms with Crippen LogP contribution in [0.4, 0.5) is 22.7 Å². The zero-order chi connectivity index (χ0) is 28.4. The molecule has 13 heteroatoms. The minimum Gasteiger partial charge on any atom is -0.462 e. The Balaban J connectivity index is 1.76. The number of anilines is 4. The van der Waals surface area contributed by atoms with Gasteiger partial charge in [0.15, 0.2) is 15.0 Å². The van der Waals surface area contributed by atoms with Crippen LogP contribution in [0.2, 0.25) is 0 Å². The van der Waals surface area contributed by atoms with Gasteiger partial charge in [0.2, 0.25) is 5.95 Å². The number of benzene rings is 1. The molecule has 0 amide bonds. The summed E-state index contributed by atoms with van der Waals surface area (Å²) in [5.41, 5.74) is 1.47. The molecular weight excluding hydrogens is 538 g/mol. The quantitative estimate of drug-likeness (QED) is 0.176. The number of thiazole rings is 1. The summed E-state index contributed by atoms with van der Waals surface area (Å²) >= 11 is 1.19. The lowest BCUT2D eigenvalue weighted by atomic mass is 10.2. The van der Waals surface area contributed by atoms with Crippen molar-refractivity contribution in [3.63, 3.8) is 0 Å². The predicted molar refractivity (Wildman–Crippen MR) is 156 cm³/mol. The molecule has 0 unspecified atom stereocenters. The van der Waals surface area contributed by atoms with Crippen molar-refractivity contribution in [2.24, 2.45) is 0 Å². The highest BCUT2D eigenvalue weighted by Crippen LogP contribution is 2.26. The first-order valence-corrected chi connectivity index (χ1v) is 15.6. The lowest BCUT2D eigenvalue weighted by Crippen LogP contribution is -2.25. The molecule has 2 heterocycles. The Hall–Kier alpha value is -3.29. The van der Waals surface area contributed by atoms with Gasteiger partial charge in [-0.3, -0.25) is 5.32 Å². The van der Waals surface area contributed by atoms with Crippen LogP contribution >= 0.6 is 11.3 Å². The maximum atomic E-state index is 12.2. The van der Waals surface area contributed by atoms with Gasteiger partial charge < -0.3 is 20.3 Å². The zero-order valence-corrected chi connectivity index (χ0v) is 24.7. The Bertz CT molecular complexity index is 1340. The summed E-state index contributed by atoms with van der Waals surface area (Å²) in [5, 5.41) is 10.3. The largest absolute Gasteiger partial charge is 0.462 e. The predicted octanol–water partition coefficient (Wildman–Crippen LogP) is 4.32. The van der Waals surface area contributed by atoms with E-state index in [-0.39, 0.29) is 11.5 Å². The van der Waals surface area contributed by atoms with Crippen LogP contribution in [0.3, 0.4) is 0 Å². The number of rotatable bonds is 15. The highest BCUT2D eigenvalue weighted by Gasteiger charge is 2.17. The molecule has 0 spiro atoms. The minimum absolute atomic E-state index is 0.275. The summed E-state index contributed by atoms with van der Waals surface area (Å²) in [7, 11) is -3.25. The van der Waals surface area contributed by atoms with Crippen LogP contribution in [0.5, 0.6) is 0 Å².